The van der Waals surface area contributed by atoms with E-state index in [-0.39, 0.29) is 29.1 Å². The summed E-state index contributed by atoms with van der Waals surface area (Å²) in [6, 6.07) is 4.31. The highest BCUT2D eigenvalue weighted by Gasteiger charge is 2.23. The predicted octanol–water partition coefficient (Wildman–Crippen LogP) is 3.62. The molecule has 1 fully saturated rings. The van der Waals surface area contributed by atoms with Crippen molar-refractivity contribution in [3.8, 4) is 5.75 Å². The van der Waals surface area contributed by atoms with E-state index in [1.165, 1.54) is 12.1 Å². The number of carbonyl (C=O) groups is 1. The first kappa shape index (κ1) is 12.4. The molecule has 0 saturated heterocycles. The largest absolute Gasteiger partial charge is 0.481 e. The minimum atomic E-state index is -0.531. The van der Waals surface area contributed by atoms with Crippen molar-refractivity contribution in [3.63, 3.8) is 0 Å². The van der Waals surface area contributed by atoms with Crippen molar-refractivity contribution < 1.29 is 13.9 Å². The van der Waals surface area contributed by atoms with Crippen LogP contribution in [0.2, 0.25) is 5.02 Å². The van der Waals surface area contributed by atoms with Crippen molar-refractivity contribution in [3.05, 3.63) is 29.0 Å². The Morgan fingerprint density at radius 1 is 1.41 bits per heavy atom. The molecule has 1 aliphatic rings. The number of rotatable bonds is 4. The Hall–Kier alpha value is -1.09. The number of ether oxygens (including phenoxy) is 1. The highest BCUT2D eigenvalue weighted by atomic mass is 35.5. The van der Waals surface area contributed by atoms with Gasteiger partial charge in [0.25, 0.3) is 0 Å². The van der Waals surface area contributed by atoms with Gasteiger partial charge in [0, 0.05) is 5.92 Å². The first-order valence-corrected chi connectivity index (χ1v) is 6.16. The molecule has 17 heavy (non-hydrogen) atoms. The molecule has 0 bridgehead atoms. The highest BCUT2D eigenvalue weighted by Crippen LogP contribution is 2.29. The van der Waals surface area contributed by atoms with Gasteiger partial charge in [0.1, 0.15) is 6.61 Å². The lowest BCUT2D eigenvalue weighted by Gasteiger charge is -2.11. The topological polar surface area (TPSA) is 26.3 Å². The van der Waals surface area contributed by atoms with Crippen LogP contribution in [0.25, 0.3) is 0 Å². The van der Waals surface area contributed by atoms with Crippen molar-refractivity contribution in [1.29, 1.82) is 0 Å². The molecular weight excluding hydrogens is 243 g/mol. The molecule has 4 heteroatoms. The van der Waals surface area contributed by atoms with Crippen molar-refractivity contribution >= 4 is 17.4 Å². The normalized spacial score (nSPS) is 16.1. The predicted molar refractivity (Wildman–Crippen MR) is 63.9 cm³/mol. The number of hydrogen-bond donors (Lipinski definition) is 0. The number of ketones is 1. The molecule has 0 amide bonds. The van der Waals surface area contributed by atoms with Gasteiger partial charge < -0.3 is 4.74 Å². The molecule has 0 heterocycles. The first-order chi connectivity index (χ1) is 8.18. The SMILES string of the molecule is O=C(COc1c(F)cccc1Cl)C1CCCC1. The smallest absolute Gasteiger partial charge is 0.174 e. The zero-order valence-electron chi connectivity index (χ0n) is 9.42. The Balaban J connectivity index is 1.95. The van der Waals surface area contributed by atoms with E-state index in [4.69, 9.17) is 16.3 Å². The van der Waals surface area contributed by atoms with Crippen LogP contribution in [0.1, 0.15) is 25.7 Å². The molecule has 1 aliphatic carbocycles. The van der Waals surface area contributed by atoms with Crippen LogP contribution in [0.4, 0.5) is 4.39 Å². The Morgan fingerprint density at radius 3 is 2.76 bits per heavy atom. The van der Waals surface area contributed by atoms with Gasteiger partial charge in [-0.3, -0.25) is 4.79 Å². The summed E-state index contributed by atoms with van der Waals surface area (Å²) in [5, 5.41) is 0.198. The van der Waals surface area contributed by atoms with E-state index in [2.05, 4.69) is 0 Å². The fourth-order valence-electron chi connectivity index (χ4n) is 2.13. The Morgan fingerprint density at radius 2 is 2.12 bits per heavy atom. The zero-order chi connectivity index (χ0) is 12.3. The lowest BCUT2D eigenvalue weighted by molar-refractivity contribution is -0.124. The second kappa shape index (κ2) is 5.50. The van der Waals surface area contributed by atoms with Gasteiger partial charge >= 0.3 is 0 Å². The number of benzene rings is 1. The van der Waals surface area contributed by atoms with E-state index >= 15 is 0 Å². The maximum absolute atomic E-state index is 13.4. The second-order valence-electron chi connectivity index (χ2n) is 4.29. The van der Waals surface area contributed by atoms with Crippen molar-refractivity contribution in [1.82, 2.24) is 0 Å². The highest BCUT2D eigenvalue weighted by molar-refractivity contribution is 6.32. The lowest BCUT2D eigenvalue weighted by Crippen LogP contribution is -2.19. The molecule has 2 rings (SSSR count). The minimum Gasteiger partial charge on any atom is -0.481 e. The van der Waals surface area contributed by atoms with Gasteiger partial charge in [-0.1, -0.05) is 30.5 Å². The summed E-state index contributed by atoms with van der Waals surface area (Å²) in [6.45, 7) is -0.0919. The number of Topliss-reactive ketones (excluding diaryl/α,β-unsaturated/α-hetero) is 1. The van der Waals surface area contributed by atoms with Gasteiger partial charge in [-0.05, 0) is 25.0 Å². The molecule has 0 N–H and O–H groups in total. The molecule has 0 radical (unpaired) electrons. The van der Waals surface area contributed by atoms with E-state index in [9.17, 15) is 9.18 Å². The maximum atomic E-state index is 13.4. The molecule has 1 saturated carbocycles. The molecule has 0 atom stereocenters. The third kappa shape index (κ3) is 2.97. The number of hydrogen-bond acceptors (Lipinski definition) is 2. The lowest BCUT2D eigenvalue weighted by atomic mass is 10.0. The zero-order valence-corrected chi connectivity index (χ0v) is 10.2. The first-order valence-electron chi connectivity index (χ1n) is 5.78. The molecular formula is C13H14ClFO2. The summed E-state index contributed by atoms with van der Waals surface area (Å²) < 4.78 is 18.5. The van der Waals surface area contributed by atoms with Gasteiger partial charge in [0.15, 0.2) is 17.3 Å². The van der Waals surface area contributed by atoms with E-state index in [0.717, 1.165) is 25.7 Å². The molecule has 1 aromatic carbocycles. The number of halogens is 2. The van der Waals surface area contributed by atoms with Gasteiger partial charge in [-0.15, -0.1) is 0 Å². The monoisotopic (exact) mass is 256 g/mol. The van der Waals surface area contributed by atoms with Crippen molar-refractivity contribution in [2.24, 2.45) is 5.92 Å². The maximum Gasteiger partial charge on any atom is 0.174 e. The summed E-state index contributed by atoms with van der Waals surface area (Å²) in [7, 11) is 0. The average Bonchev–Trinajstić information content (AvgIpc) is 2.81. The van der Waals surface area contributed by atoms with Crippen LogP contribution in [-0.2, 0) is 4.79 Å². The molecule has 0 spiro atoms. The van der Waals surface area contributed by atoms with E-state index < -0.39 is 5.82 Å². The number of para-hydroxylation sites is 1. The third-order valence-electron chi connectivity index (χ3n) is 3.09. The van der Waals surface area contributed by atoms with Crippen molar-refractivity contribution in [2.75, 3.05) is 6.61 Å². The quantitative estimate of drug-likeness (QED) is 0.823. The molecule has 2 nitrogen and oxygen atoms in total. The van der Waals surface area contributed by atoms with Crippen LogP contribution in [-0.4, -0.2) is 12.4 Å². The van der Waals surface area contributed by atoms with Crippen LogP contribution in [0.15, 0.2) is 18.2 Å². The van der Waals surface area contributed by atoms with E-state index in [1.807, 2.05) is 0 Å². The summed E-state index contributed by atoms with van der Waals surface area (Å²) in [4.78, 5) is 11.8. The van der Waals surface area contributed by atoms with Crippen LogP contribution < -0.4 is 4.74 Å². The molecule has 92 valence electrons. The van der Waals surface area contributed by atoms with Gasteiger partial charge in [-0.2, -0.15) is 0 Å². The number of carbonyl (C=O) groups excluding carboxylic acids is 1. The average molecular weight is 257 g/mol. The Bertz CT molecular complexity index is 394. The summed E-state index contributed by atoms with van der Waals surface area (Å²) >= 11 is 5.80. The van der Waals surface area contributed by atoms with Crippen LogP contribution in [0, 0.1) is 11.7 Å². The molecule has 0 aliphatic heterocycles. The van der Waals surface area contributed by atoms with Gasteiger partial charge in [0.2, 0.25) is 0 Å². The minimum absolute atomic E-state index is 0.0273. The summed E-state index contributed by atoms with van der Waals surface area (Å²) in [5.41, 5.74) is 0. The Labute approximate surface area is 105 Å². The summed E-state index contributed by atoms with van der Waals surface area (Å²) in [5.74, 6) is -0.431. The fourth-order valence-corrected chi connectivity index (χ4v) is 2.35. The molecule has 0 aromatic heterocycles. The fraction of sp³-hybridized carbons (Fsp3) is 0.462. The molecule has 1 aromatic rings. The van der Waals surface area contributed by atoms with Crippen LogP contribution >= 0.6 is 11.6 Å². The Kier molecular flexibility index (Phi) is 4.00. The van der Waals surface area contributed by atoms with E-state index in [1.54, 1.807) is 6.07 Å². The molecule has 0 unspecified atom stereocenters. The standard InChI is InChI=1S/C13H14ClFO2/c14-10-6-3-7-11(15)13(10)17-8-12(16)9-4-1-2-5-9/h3,6-7,9H,1-2,4-5,8H2. The van der Waals surface area contributed by atoms with E-state index in [0.29, 0.717) is 0 Å². The summed E-state index contributed by atoms with van der Waals surface area (Å²) in [6.07, 6.45) is 4.04. The van der Waals surface area contributed by atoms with Gasteiger partial charge in [0.05, 0.1) is 5.02 Å². The van der Waals surface area contributed by atoms with Crippen LogP contribution in [0.3, 0.4) is 0 Å². The van der Waals surface area contributed by atoms with Gasteiger partial charge in [-0.25, -0.2) is 4.39 Å². The van der Waals surface area contributed by atoms with Crippen molar-refractivity contribution in [2.45, 2.75) is 25.7 Å². The van der Waals surface area contributed by atoms with Crippen LogP contribution in [0.5, 0.6) is 5.75 Å². The second-order valence-corrected chi connectivity index (χ2v) is 4.69. The third-order valence-corrected chi connectivity index (χ3v) is 3.39.